The number of nitriles is 1. The highest BCUT2D eigenvalue weighted by molar-refractivity contribution is 6.02. The molecule has 1 N–H and O–H groups in total. The molecule has 0 fully saturated rings. The van der Waals surface area contributed by atoms with E-state index < -0.39 is 0 Å². The molecule has 0 bridgehead atoms. The molecular formula is C32H27N5O. The molecule has 0 saturated carbocycles. The smallest absolute Gasteiger partial charge is 0.248 e. The summed E-state index contributed by atoms with van der Waals surface area (Å²) in [5, 5.41) is 13.9. The molecule has 38 heavy (non-hydrogen) atoms. The predicted octanol–water partition coefficient (Wildman–Crippen LogP) is 6.40. The summed E-state index contributed by atoms with van der Waals surface area (Å²) in [6, 6.07) is 28.6. The van der Waals surface area contributed by atoms with E-state index in [1.165, 1.54) is 6.08 Å². The van der Waals surface area contributed by atoms with Crippen molar-refractivity contribution in [3.63, 3.8) is 0 Å². The molecule has 186 valence electrons. The second kappa shape index (κ2) is 10.9. The largest absolute Gasteiger partial charge is 0.324 e. The van der Waals surface area contributed by atoms with Gasteiger partial charge in [0.25, 0.3) is 0 Å². The highest BCUT2D eigenvalue weighted by atomic mass is 16.1. The fraction of sp³-hybridized carbons (Fsp3) is 0.125. The molecule has 5 rings (SSSR count). The van der Waals surface area contributed by atoms with Crippen molar-refractivity contribution in [2.24, 2.45) is 0 Å². The Morgan fingerprint density at radius 1 is 1.03 bits per heavy atom. The van der Waals surface area contributed by atoms with E-state index in [1.807, 2.05) is 56.3 Å². The van der Waals surface area contributed by atoms with Crippen molar-refractivity contribution in [3.8, 4) is 6.07 Å². The van der Waals surface area contributed by atoms with Gasteiger partial charge in [-0.1, -0.05) is 60.7 Å². The van der Waals surface area contributed by atoms with E-state index in [1.54, 1.807) is 30.6 Å². The van der Waals surface area contributed by atoms with Crippen molar-refractivity contribution < 1.29 is 4.79 Å². The Kier molecular flexibility index (Phi) is 7.10. The van der Waals surface area contributed by atoms with Crippen LogP contribution in [0.5, 0.6) is 0 Å². The number of benzene rings is 2. The summed E-state index contributed by atoms with van der Waals surface area (Å²) in [7, 11) is 0. The van der Waals surface area contributed by atoms with Gasteiger partial charge in [-0.3, -0.25) is 9.78 Å². The summed E-state index contributed by atoms with van der Waals surface area (Å²) < 4.78 is 2.08. The number of nitrogens with one attached hydrogen (secondary N) is 1. The minimum atomic E-state index is -0.303. The zero-order valence-electron chi connectivity index (χ0n) is 21.3. The van der Waals surface area contributed by atoms with Gasteiger partial charge in [0.2, 0.25) is 5.91 Å². The Balaban J connectivity index is 1.65. The van der Waals surface area contributed by atoms with Gasteiger partial charge in [-0.25, -0.2) is 4.98 Å². The van der Waals surface area contributed by atoms with E-state index in [4.69, 9.17) is 4.98 Å². The van der Waals surface area contributed by atoms with Crippen molar-refractivity contribution in [1.82, 2.24) is 14.5 Å². The van der Waals surface area contributed by atoms with Crippen LogP contribution < -0.4 is 5.32 Å². The third-order valence-corrected chi connectivity index (χ3v) is 6.58. The van der Waals surface area contributed by atoms with Crippen LogP contribution in [0, 0.1) is 25.2 Å². The van der Waals surface area contributed by atoms with Crippen LogP contribution in [0.4, 0.5) is 5.69 Å². The average Bonchev–Trinajstić information content (AvgIpc) is 3.24. The van der Waals surface area contributed by atoms with Gasteiger partial charge in [-0.05, 0) is 54.8 Å². The summed E-state index contributed by atoms with van der Waals surface area (Å²) in [4.78, 5) is 21.7. The monoisotopic (exact) mass is 497 g/mol. The van der Waals surface area contributed by atoms with E-state index >= 15 is 0 Å². The predicted molar refractivity (Wildman–Crippen MR) is 151 cm³/mol. The van der Waals surface area contributed by atoms with Crippen molar-refractivity contribution in [2.75, 3.05) is 5.32 Å². The molecule has 0 spiro atoms. The molecule has 2 aromatic carbocycles. The number of carbonyl (C=O) groups excluding carboxylic acids is 1. The zero-order valence-corrected chi connectivity index (χ0v) is 21.3. The summed E-state index contributed by atoms with van der Waals surface area (Å²) in [5.41, 5.74) is 6.68. The molecule has 0 aliphatic rings. The molecule has 0 aliphatic carbocycles. The van der Waals surface area contributed by atoms with Crippen molar-refractivity contribution in [3.05, 3.63) is 131 Å². The number of fused-ring (bicyclic) bond motifs is 1. The van der Waals surface area contributed by atoms with Gasteiger partial charge in [-0.15, -0.1) is 0 Å². The quantitative estimate of drug-likeness (QED) is 0.264. The van der Waals surface area contributed by atoms with Crippen LogP contribution in [0.2, 0.25) is 0 Å². The van der Waals surface area contributed by atoms with Gasteiger partial charge in [0.1, 0.15) is 11.7 Å². The topological polar surface area (TPSA) is 83.6 Å². The second-order valence-corrected chi connectivity index (χ2v) is 9.20. The minimum absolute atomic E-state index is 0.0125. The van der Waals surface area contributed by atoms with Gasteiger partial charge in [0, 0.05) is 35.8 Å². The molecule has 0 radical (unpaired) electrons. The number of rotatable bonds is 7. The standard InChI is InChI=1S/C32H27N5O/c1-22-18-23(2)35-32-31(22)27(19-33)29(15-16-30(38)36-26-14-9-17-34-20-26)37(32)21-28(24-10-5-3-6-11-24)25-12-7-4-8-13-25/h3-18,20,28H,21H2,1-2H3,(H,36,38). The first kappa shape index (κ1) is 24.7. The zero-order chi connectivity index (χ0) is 26.5. The average molecular weight is 498 g/mol. The SMILES string of the molecule is Cc1cc(C)c2c(C#N)c(C=CC(=O)Nc3cccnc3)n(CC(c3ccccc3)c3ccccc3)c2n1. The fourth-order valence-electron chi connectivity index (χ4n) is 4.90. The lowest BCUT2D eigenvalue weighted by atomic mass is 9.91. The number of aryl methyl sites for hydroxylation is 2. The Labute approximate surface area is 221 Å². The normalized spacial score (nSPS) is 11.2. The van der Waals surface area contributed by atoms with E-state index in [-0.39, 0.29) is 11.8 Å². The van der Waals surface area contributed by atoms with Gasteiger partial charge >= 0.3 is 0 Å². The maximum atomic E-state index is 12.8. The van der Waals surface area contributed by atoms with Crippen molar-refractivity contribution in [1.29, 1.82) is 5.26 Å². The van der Waals surface area contributed by atoms with Gasteiger partial charge in [-0.2, -0.15) is 5.26 Å². The third kappa shape index (κ3) is 5.09. The van der Waals surface area contributed by atoms with Gasteiger partial charge in [0.05, 0.1) is 23.1 Å². The molecule has 5 aromatic rings. The number of amides is 1. The second-order valence-electron chi connectivity index (χ2n) is 9.20. The number of carbonyl (C=O) groups is 1. The summed E-state index contributed by atoms with van der Waals surface area (Å²) in [6.45, 7) is 4.50. The first-order valence-corrected chi connectivity index (χ1v) is 12.4. The lowest BCUT2D eigenvalue weighted by molar-refractivity contribution is -0.111. The first-order valence-electron chi connectivity index (χ1n) is 12.4. The molecule has 6 heteroatoms. The van der Waals surface area contributed by atoms with Crippen LogP contribution in [-0.4, -0.2) is 20.4 Å². The van der Waals surface area contributed by atoms with Crippen LogP contribution in [-0.2, 0) is 11.3 Å². The fourth-order valence-corrected chi connectivity index (χ4v) is 4.90. The lowest BCUT2D eigenvalue weighted by Crippen LogP contribution is -2.13. The maximum Gasteiger partial charge on any atom is 0.248 e. The number of nitrogens with zero attached hydrogens (tertiary/aromatic N) is 4. The number of pyridine rings is 2. The van der Waals surface area contributed by atoms with Gasteiger partial charge in [0.15, 0.2) is 0 Å². The molecule has 0 atom stereocenters. The van der Waals surface area contributed by atoms with Crippen molar-refractivity contribution in [2.45, 2.75) is 26.3 Å². The van der Waals surface area contributed by atoms with Crippen LogP contribution >= 0.6 is 0 Å². The number of hydrogen-bond acceptors (Lipinski definition) is 4. The highest BCUT2D eigenvalue weighted by Gasteiger charge is 2.23. The molecule has 0 unspecified atom stereocenters. The Hall–Kier alpha value is -5.02. The van der Waals surface area contributed by atoms with E-state index in [9.17, 15) is 10.1 Å². The maximum absolute atomic E-state index is 12.8. The van der Waals surface area contributed by atoms with E-state index in [0.29, 0.717) is 23.5 Å². The van der Waals surface area contributed by atoms with Crippen LogP contribution in [0.25, 0.3) is 17.1 Å². The van der Waals surface area contributed by atoms with E-state index in [0.717, 1.165) is 33.4 Å². The Morgan fingerprint density at radius 3 is 2.32 bits per heavy atom. The molecule has 3 heterocycles. The third-order valence-electron chi connectivity index (χ3n) is 6.58. The summed E-state index contributed by atoms with van der Waals surface area (Å²) in [6.07, 6.45) is 6.41. The Bertz CT molecular complexity index is 1610. The minimum Gasteiger partial charge on any atom is -0.324 e. The first-order chi connectivity index (χ1) is 18.5. The van der Waals surface area contributed by atoms with Crippen LogP contribution in [0.15, 0.2) is 97.3 Å². The molecule has 0 saturated heterocycles. The molecule has 1 amide bonds. The van der Waals surface area contributed by atoms with Crippen LogP contribution in [0.3, 0.4) is 0 Å². The molecular weight excluding hydrogens is 470 g/mol. The molecule has 6 nitrogen and oxygen atoms in total. The highest BCUT2D eigenvalue weighted by Crippen LogP contribution is 2.33. The number of anilines is 1. The number of hydrogen-bond donors (Lipinski definition) is 1. The summed E-state index contributed by atoms with van der Waals surface area (Å²) in [5.74, 6) is -0.291. The van der Waals surface area contributed by atoms with Crippen molar-refractivity contribution >= 4 is 28.7 Å². The van der Waals surface area contributed by atoms with E-state index in [2.05, 4.69) is 45.2 Å². The lowest BCUT2D eigenvalue weighted by Gasteiger charge is -2.21. The Morgan fingerprint density at radius 2 is 1.71 bits per heavy atom. The number of aromatic nitrogens is 3. The van der Waals surface area contributed by atoms with Crippen LogP contribution in [0.1, 0.15) is 39.6 Å². The van der Waals surface area contributed by atoms with Gasteiger partial charge < -0.3 is 9.88 Å². The molecule has 0 aliphatic heterocycles. The summed E-state index contributed by atoms with van der Waals surface area (Å²) >= 11 is 0. The molecule has 3 aromatic heterocycles.